The quantitative estimate of drug-likeness (QED) is 0.843. The maximum absolute atomic E-state index is 12.5. The summed E-state index contributed by atoms with van der Waals surface area (Å²) in [7, 11) is 3.41. The predicted octanol–water partition coefficient (Wildman–Crippen LogP) is 2.69. The molecule has 0 bridgehead atoms. The summed E-state index contributed by atoms with van der Waals surface area (Å²) in [5, 5.41) is 9.60. The van der Waals surface area contributed by atoms with Gasteiger partial charge in [0, 0.05) is 39.3 Å². The van der Waals surface area contributed by atoms with Crippen LogP contribution in [0.1, 0.15) is 36.5 Å². The number of allylic oxidation sites excluding steroid dienone is 1. The third-order valence-electron chi connectivity index (χ3n) is 5.35. The van der Waals surface area contributed by atoms with E-state index in [1.165, 1.54) is 0 Å². The average molecular weight is 340 g/mol. The molecule has 0 radical (unpaired) electrons. The van der Waals surface area contributed by atoms with Crippen molar-refractivity contribution >= 4 is 11.5 Å². The van der Waals surface area contributed by atoms with E-state index in [2.05, 4.69) is 24.0 Å². The first-order valence-electron chi connectivity index (χ1n) is 8.60. The third kappa shape index (κ3) is 3.33. The van der Waals surface area contributed by atoms with Crippen molar-refractivity contribution in [2.75, 3.05) is 27.3 Å². The standard InChI is InChI=1S/C20H24N2O3/c1-20(25-3)6-8-22(9-7-20)19-16-10-14(13-24-2)4-5-15(16)11-18(23)17(19)12-21/h4-5,10H,6-9,11,13H2,1-3H3. The molecule has 1 heterocycles. The molecule has 5 heteroatoms. The highest BCUT2D eigenvalue weighted by molar-refractivity contribution is 6.09. The Morgan fingerprint density at radius 1 is 1.28 bits per heavy atom. The van der Waals surface area contributed by atoms with Gasteiger partial charge in [0.05, 0.1) is 17.9 Å². The van der Waals surface area contributed by atoms with Crippen LogP contribution in [0.5, 0.6) is 0 Å². The molecule has 0 N–H and O–H groups in total. The van der Waals surface area contributed by atoms with Crippen LogP contribution in [0.2, 0.25) is 0 Å². The summed E-state index contributed by atoms with van der Waals surface area (Å²) in [4.78, 5) is 14.7. The van der Waals surface area contributed by atoms with Crippen molar-refractivity contribution in [3.8, 4) is 6.07 Å². The number of Topliss-reactive ketones (excluding diaryl/α,β-unsaturated/α-hetero) is 1. The van der Waals surface area contributed by atoms with Gasteiger partial charge in [0.15, 0.2) is 5.78 Å². The van der Waals surface area contributed by atoms with Crippen LogP contribution < -0.4 is 0 Å². The van der Waals surface area contributed by atoms with Crippen molar-refractivity contribution in [2.45, 2.75) is 38.4 Å². The Balaban J connectivity index is 2.02. The van der Waals surface area contributed by atoms with E-state index in [1.54, 1.807) is 14.2 Å². The molecule has 1 aliphatic carbocycles. The fraction of sp³-hybridized carbons (Fsp3) is 0.500. The summed E-state index contributed by atoms with van der Waals surface area (Å²) in [5.74, 6) is -0.0930. The molecule has 1 saturated heterocycles. The van der Waals surface area contributed by atoms with Crippen molar-refractivity contribution in [1.82, 2.24) is 4.90 Å². The van der Waals surface area contributed by atoms with Gasteiger partial charge in [-0.1, -0.05) is 12.1 Å². The van der Waals surface area contributed by atoms with E-state index >= 15 is 0 Å². The van der Waals surface area contributed by atoms with Crippen LogP contribution in [0.25, 0.3) is 5.70 Å². The Morgan fingerprint density at radius 3 is 2.60 bits per heavy atom. The van der Waals surface area contributed by atoms with Crippen LogP contribution in [-0.4, -0.2) is 43.6 Å². The highest BCUT2D eigenvalue weighted by atomic mass is 16.5. The summed E-state index contributed by atoms with van der Waals surface area (Å²) in [6, 6.07) is 8.19. The van der Waals surface area contributed by atoms with E-state index < -0.39 is 0 Å². The molecule has 1 aromatic rings. The van der Waals surface area contributed by atoms with Crippen molar-refractivity contribution in [1.29, 1.82) is 5.26 Å². The van der Waals surface area contributed by atoms with E-state index in [9.17, 15) is 10.1 Å². The lowest BCUT2D eigenvalue weighted by atomic mass is 9.85. The van der Waals surface area contributed by atoms with E-state index in [0.29, 0.717) is 13.0 Å². The number of rotatable bonds is 4. The fourth-order valence-corrected chi connectivity index (χ4v) is 3.63. The molecule has 0 saturated carbocycles. The lowest BCUT2D eigenvalue weighted by Crippen LogP contribution is -2.43. The molecule has 1 aromatic carbocycles. The number of hydrogen-bond donors (Lipinski definition) is 0. The lowest BCUT2D eigenvalue weighted by molar-refractivity contribution is -0.114. The van der Waals surface area contributed by atoms with Gasteiger partial charge in [-0.05, 0) is 37.0 Å². The Kier molecular flexibility index (Phi) is 4.94. The molecular weight excluding hydrogens is 316 g/mol. The second kappa shape index (κ2) is 6.99. The highest BCUT2D eigenvalue weighted by Crippen LogP contribution is 2.36. The zero-order valence-electron chi connectivity index (χ0n) is 15.1. The number of piperidine rings is 1. The second-order valence-corrected chi connectivity index (χ2v) is 7.00. The first-order chi connectivity index (χ1) is 12.0. The minimum Gasteiger partial charge on any atom is -0.380 e. The highest BCUT2D eigenvalue weighted by Gasteiger charge is 2.35. The Hall–Kier alpha value is -2.16. The Labute approximate surface area is 148 Å². The monoisotopic (exact) mass is 340 g/mol. The third-order valence-corrected chi connectivity index (χ3v) is 5.35. The molecule has 1 aliphatic heterocycles. The van der Waals surface area contributed by atoms with Gasteiger partial charge in [-0.25, -0.2) is 0 Å². The topological polar surface area (TPSA) is 62.6 Å². The van der Waals surface area contributed by atoms with Crippen molar-refractivity contribution < 1.29 is 14.3 Å². The Bertz CT molecular complexity index is 753. The zero-order chi connectivity index (χ0) is 18.0. The molecule has 25 heavy (non-hydrogen) atoms. The minimum atomic E-state index is -0.136. The average Bonchev–Trinajstić information content (AvgIpc) is 2.62. The smallest absolute Gasteiger partial charge is 0.179 e. The number of ether oxygens (including phenoxy) is 2. The van der Waals surface area contributed by atoms with E-state index in [0.717, 1.165) is 48.3 Å². The van der Waals surface area contributed by atoms with Gasteiger partial charge in [-0.2, -0.15) is 5.26 Å². The van der Waals surface area contributed by atoms with E-state index in [-0.39, 0.29) is 17.0 Å². The van der Waals surface area contributed by atoms with Crippen LogP contribution in [0, 0.1) is 11.3 Å². The molecule has 0 atom stereocenters. The SMILES string of the molecule is COCc1ccc2c(c1)C(N1CCC(C)(OC)CC1)=C(C#N)C(=O)C2. The van der Waals surface area contributed by atoms with Crippen LogP contribution in [0.15, 0.2) is 23.8 Å². The maximum atomic E-state index is 12.5. The van der Waals surface area contributed by atoms with Crippen LogP contribution in [-0.2, 0) is 27.3 Å². The number of likely N-dealkylation sites (tertiary alicyclic amines) is 1. The number of nitrogens with zero attached hydrogens (tertiary/aromatic N) is 2. The minimum absolute atomic E-state index is 0.0930. The molecule has 2 aliphatic rings. The molecule has 3 rings (SSSR count). The number of ketones is 1. The largest absolute Gasteiger partial charge is 0.380 e. The second-order valence-electron chi connectivity index (χ2n) is 7.00. The van der Waals surface area contributed by atoms with Gasteiger partial charge >= 0.3 is 0 Å². The van der Waals surface area contributed by atoms with Crippen LogP contribution >= 0.6 is 0 Å². The van der Waals surface area contributed by atoms with Gasteiger partial charge < -0.3 is 14.4 Å². The molecular formula is C20H24N2O3. The normalized spacial score (nSPS) is 19.6. The van der Waals surface area contributed by atoms with E-state index in [1.807, 2.05) is 12.1 Å². The van der Waals surface area contributed by atoms with E-state index in [4.69, 9.17) is 9.47 Å². The molecule has 5 nitrogen and oxygen atoms in total. The van der Waals surface area contributed by atoms with Gasteiger partial charge in [0.2, 0.25) is 0 Å². The zero-order valence-corrected chi connectivity index (χ0v) is 15.1. The number of carbonyl (C=O) groups is 1. The summed E-state index contributed by atoms with van der Waals surface area (Å²) >= 11 is 0. The van der Waals surface area contributed by atoms with Gasteiger partial charge in [-0.3, -0.25) is 4.79 Å². The number of fused-ring (bicyclic) bond motifs is 1. The number of methoxy groups -OCH3 is 2. The molecule has 0 amide bonds. The van der Waals surface area contributed by atoms with Gasteiger partial charge in [0.25, 0.3) is 0 Å². The van der Waals surface area contributed by atoms with Gasteiger partial charge in [-0.15, -0.1) is 0 Å². The van der Waals surface area contributed by atoms with Gasteiger partial charge in [0.1, 0.15) is 11.6 Å². The van der Waals surface area contributed by atoms with Crippen LogP contribution in [0.4, 0.5) is 0 Å². The first-order valence-corrected chi connectivity index (χ1v) is 8.60. The maximum Gasteiger partial charge on any atom is 0.179 e. The number of benzene rings is 1. The number of carbonyl (C=O) groups excluding carboxylic acids is 1. The summed E-state index contributed by atoms with van der Waals surface area (Å²) in [6.07, 6.45) is 2.03. The molecule has 0 unspecified atom stereocenters. The fourth-order valence-electron chi connectivity index (χ4n) is 3.63. The van der Waals surface area contributed by atoms with Crippen molar-refractivity contribution in [2.24, 2.45) is 0 Å². The molecule has 1 fully saturated rings. The molecule has 0 spiro atoms. The summed E-state index contributed by atoms with van der Waals surface area (Å²) < 4.78 is 10.9. The first kappa shape index (κ1) is 17.7. The van der Waals surface area contributed by atoms with Crippen LogP contribution in [0.3, 0.4) is 0 Å². The molecule has 0 aromatic heterocycles. The lowest BCUT2D eigenvalue weighted by Gasteiger charge is -2.41. The van der Waals surface area contributed by atoms with Crippen molar-refractivity contribution in [3.63, 3.8) is 0 Å². The molecule has 132 valence electrons. The summed E-state index contributed by atoms with van der Waals surface area (Å²) in [5.41, 5.74) is 3.95. The predicted molar refractivity (Wildman–Crippen MR) is 94.6 cm³/mol. The number of nitriles is 1. The summed E-state index contributed by atoms with van der Waals surface area (Å²) in [6.45, 7) is 4.16. The van der Waals surface area contributed by atoms with Crippen molar-refractivity contribution in [3.05, 3.63) is 40.5 Å². The Morgan fingerprint density at radius 2 is 2.00 bits per heavy atom. The number of hydrogen-bond acceptors (Lipinski definition) is 5.